The normalized spacial score (nSPS) is 17.8. The number of anilines is 4. The van der Waals surface area contributed by atoms with E-state index in [9.17, 15) is 9.60 Å². The van der Waals surface area contributed by atoms with Crippen LogP contribution < -0.4 is 14.5 Å². The van der Waals surface area contributed by atoms with Gasteiger partial charge in [-0.1, -0.05) is 178 Å². The minimum Gasteiger partial charge on any atom is -0.509 e. The molecule has 2 aliphatic rings. The molecular weight excluding hydrogens is 1110 g/mol. The predicted octanol–water partition coefficient (Wildman–Crippen LogP) is 18.9. The van der Waals surface area contributed by atoms with Crippen molar-refractivity contribution in [1.29, 1.82) is 0 Å². The molecule has 0 bridgehead atoms. The maximum Gasteiger partial charge on any atom is 0.135 e. The molecule has 10 aromatic rings. The number of para-hydroxylation sites is 3. The molecule has 0 saturated carbocycles. The summed E-state index contributed by atoms with van der Waals surface area (Å²) in [7, 11) is 0. The van der Waals surface area contributed by atoms with Crippen LogP contribution in [0, 0.1) is 18.8 Å². The van der Waals surface area contributed by atoms with Crippen molar-refractivity contribution in [3.05, 3.63) is 223 Å². The average Bonchev–Trinajstić information content (AvgIpc) is 1.04. The van der Waals surface area contributed by atoms with Crippen molar-refractivity contribution in [3.8, 4) is 50.7 Å². The summed E-state index contributed by atoms with van der Waals surface area (Å²) in [6.45, 7) is 22.0. The first-order valence-electron chi connectivity index (χ1n) is 33.3. The summed E-state index contributed by atoms with van der Waals surface area (Å²) in [6, 6.07) is 23.1. The third kappa shape index (κ3) is 9.15. The van der Waals surface area contributed by atoms with E-state index < -0.39 is 87.8 Å². The molecule has 5 nitrogen and oxygen atoms in total. The van der Waals surface area contributed by atoms with Crippen LogP contribution in [0.3, 0.4) is 0 Å². The van der Waals surface area contributed by atoms with E-state index in [2.05, 4.69) is 32.9 Å². The van der Waals surface area contributed by atoms with Crippen LogP contribution in [-0.4, -0.2) is 9.55 Å². The van der Waals surface area contributed by atoms with E-state index >= 15 is 0 Å². The molecule has 0 unspecified atom stereocenters. The van der Waals surface area contributed by atoms with Crippen molar-refractivity contribution in [3.63, 3.8) is 0 Å². The van der Waals surface area contributed by atoms with E-state index in [-0.39, 0.29) is 102 Å². The summed E-state index contributed by atoms with van der Waals surface area (Å²) in [6.07, 6.45) is 3.09. The number of hydrogen-bond acceptors (Lipinski definition) is 4. The first-order valence-corrected chi connectivity index (χ1v) is 25.3. The molecule has 0 radical (unpaired) electrons. The first kappa shape index (κ1) is 35.2. The number of nitrogens with zero attached hydrogens (tertiary/aromatic N) is 4. The summed E-state index contributed by atoms with van der Waals surface area (Å²) >= 11 is 0. The van der Waals surface area contributed by atoms with Crippen LogP contribution in [-0.2, 0) is 42.7 Å². The van der Waals surface area contributed by atoms with Crippen LogP contribution in [0.5, 0.6) is 11.5 Å². The summed E-state index contributed by atoms with van der Waals surface area (Å²) < 4.78 is 156. The molecule has 1 aliphatic carbocycles. The minimum absolute atomic E-state index is 0. The zero-order valence-corrected chi connectivity index (χ0v) is 46.4. The average molecular weight is 1190 g/mol. The third-order valence-corrected chi connectivity index (χ3v) is 14.7. The van der Waals surface area contributed by atoms with Gasteiger partial charge in [0.25, 0.3) is 0 Å². The van der Waals surface area contributed by atoms with Gasteiger partial charge in [0, 0.05) is 72.5 Å². The number of aromatic nitrogens is 2. The topological polar surface area (TPSA) is 33.5 Å². The fourth-order valence-corrected chi connectivity index (χ4v) is 10.2. The Balaban J connectivity index is 0.00000867. The Hall–Kier alpha value is -7.20. The van der Waals surface area contributed by atoms with Gasteiger partial charge in [0.15, 0.2) is 0 Å². The third-order valence-electron chi connectivity index (χ3n) is 14.7. The molecule has 3 heterocycles. The van der Waals surface area contributed by atoms with Crippen molar-refractivity contribution < 1.29 is 47.7 Å². The van der Waals surface area contributed by atoms with Crippen molar-refractivity contribution in [2.75, 3.05) is 9.80 Å². The van der Waals surface area contributed by atoms with E-state index in [4.69, 9.17) is 22.1 Å². The van der Waals surface area contributed by atoms with Crippen molar-refractivity contribution in [2.24, 2.45) is 0 Å². The second kappa shape index (κ2) is 19.1. The molecule has 76 heavy (non-hydrogen) atoms. The molecule has 12 rings (SSSR count). The Labute approximate surface area is 487 Å². The van der Waals surface area contributed by atoms with Gasteiger partial charge in [0.2, 0.25) is 0 Å². The monoisotopic (exact) mass is 1190 g/mol. The van der Waals surface area contributed by atoms with Gasteiger partial charge in [-0.15, -0.1) is 48.1 Å². The van der Waals surface area contributed by atoms with E-state index in [1.165, 1.54) is 0 Å². The largest absolute Gasteiger partial charge is 0.509 e. The number of ether oxygens (including phenoxy) is 1. The molecule has 0 fully saturated rings. The van der Waals surface area contributed by atoms with Crippen LogP contribution in [0.1, 0.15) is 126 Å². The van der Waals surface area contributed by atoms with Gasteiger partial charge in [0.1, 0.15) is 5.82 Å². The Kier molecular flexibility index (Phi) is 8.85. The standard InChI is InChI=1S/C70H65N4O.Pt/c1-67(2,3)50-35-38-71-65(42-50)74-61-24-15-14-23-55(61)56-33-32-54(44-64(56)74)75-53-22-18-21-52(43-53)72-45-73(63-26-17-16-25-62(63)72)66-57(48-29-27-47(28-30-48)46-19-12-11-13-20-46)40-51(68(4,5)6)41-58(66)49-31-34-59-60(39-49)70(9,10)37-36-69(59,7)8;/h11-35,38-42,45H,36-37H2,1-10H3;/q-3;/i11D,12D,13D,14D,15D,19D,20D,23D,24D,27D,28D,29D,30D,31D,34D,39D;. The fourth-order valence-electron chi connectivity index (χ4n) is 10.2. The molecule has 384 valence electrons. The molecular formula is C70H65N4OPt-3. The van der Waals surface area contributed by atoms with Crippen LogP contribution in [0.15, 0.2) is 182 Å². The molecule has 0 atom stereocenters. The van der Waals surface area contributed by atoms with E-state index in [1.807, 2.05) is 107 Å². The fraction of sp³-hybridized carbons (Fsp3) is 0.229. The molecule has 0 amide bonds. The summed E-state index contributed by atoms with van der Waals surface area (Å²) in [5, 5.41) is 0.802. The van der Waals surface area contributed by atoms with Crippen LogP contribution in [0.2, 0.25) is 0 Å². The number of pyridine rings is 1. The quantitative estimate of drug-likeness (QED) is 0.142. The molecule has 6 heteroatoms. The zero-order chi connectivity index (χ0) is 65.9. The number of benzene rings is 8. The number of fused-ring (bicyclic) bond motifs is 5. The SMILES string of the molecule is [2H]c1c([2H])c([2H])c(-c2c([2H])c([2H])c(-c3cc(C(C)(C)C)cc(-c4c([2H])c([2H])c5c(c4[2H])C(C)(C)CCC5(C)C)c3N3[CH-]N(c4[c-]c(Oc5[c-]c6c(cc5)c5c([2H])c([2H])c([2H])c([2H])c5n6-c5cc(C(C)(C)C)ccn5)ccc4)c4ccccc43)c([2H])c2[2H])c([2H])c1[2H].[Pt]. The van der Waals surface area contributed by atoms with Gasteiger partial charge < -0.3 is 19.1 Å². The van der Waals surface area contributed by atoms with Crippen molar-refractivity contribution in [1.82, 2.24) is 9.55 Å². The number of rotatable bonds is 8. The Morgan fingerprint density at radius 2 is 1.20 bits per heavy atom. The smallest absolute Gasteiger partial charge is 0.135 e. The first-order chi connectivity index (χ1) is 42.6. The van der Waals surface area contributed by atoms with Gasteiger partial charge in [-0.2, -0.15) is 12.1 Å². The summed E-state index contributed by atoms with van der Waals surface area (Å²) in [4.78, 5) is 8.38. The number of hydrogen-bond donors (Lipinski definition) is 0. The predicted molar refractivity (Wildman–Crippen MR) is 313 cm³/mol. The van der Waals surface area contributed by atoms with Crippen LogP contribution >= 0.6 is 0 Å². The maximum absolute atomic E-state index is 10.4. The van der Waals surface area contributed by atoms with Gasteiger partial charge in [0.05, 0.1) is 21.9 Å². The second-order valence-electron chi connectivity index (χ2n) is 22.8. The maximum atomic E-state index is 10.4. The Morgan fingerprint density at radius 1 is 0.579 bits per heavy atom. The van der Waals surface area contributed by atoms with Gasteiger partial charge in [-0.25, -0.2) is 4.98 Å². The molecule has 8 aromatic carbocycles. The van der Waals surface area contributed by atoms with Crippen molar-refractivity contribution >= 4 is 44.6 Å². The summed E-state index contributed by atoms with van der Waals surface area (Å²) in [5.74, 6) is 0.900. The Bertz CT molecular complexity index is 4740. The van der Waals surface area contributed by atoms with Crippen LogP contribution in [0.25, 0.3) is 61.0 Å². The van der Waals surface area contributed by atoms with Gasteiger partial charge in [-0.3, -0.25) is 0 Å². The van der Waals surface area contributed by atoms with E-state index in [0.29, 0.717) is 67.8 Å². The molecule has 2 aromatic heterocycles. The molecule has 0 N–H and O–H groups in total. The minimum atomic E-state index is -0.705. The zero-order valence-electron chi connectivity index (χ0n) is 60.1. The molecule has 1 aliphatic heterocycles. The molecule has 0 saturated heterocycles. The van der Waals surface area contributed by atoms with Gasteiger partial charge >= 0.3 is 0 Å². The summed E-state index contributed by atoms with van der Waals surface area (Å²) in [5.41, 5.74) is 2.58. The van der Waals surface area contributed by atoms with Crippen LogP contribution in [0.4, 0.5) is 22.7 Å². The van der Waals surface area contributed by atoms with E-state index in [0.717, 1.165) is 12.0 Å². The second-order valence-corrected chi connectivity index (χ2v) is 22.8. The molecule has 0 spiro atoms. The van der Waals surface area contributed by atoms with Crippen molar-refractivity contribution in [2.45, 2.75) is 104 Å². The Morgan fingerprint density at radius 3 is 1.92 bits per heavy atom. The van der Waals surface area contributed by atoms with E-state index in [1.54, 1.807) is 47.8 Å². The van der Waals surface area contributed by atoms with Gasteiger partial charge in [-0.05, 0) is 127 Å².